The van der Waals surface area contributed by atoms with Gasteiger partial charge in [-0.2, -0.15) is 0 Å². The Hall–Kier alpha value is -0.860. The van der Waals surface area contributed by atoms with Gasteiger partial charge in [-0.3, -0.25) is 0 Å². The summed E-state index contributed by atoms with van der Waals surface area (Å²) in [6, 6.07) is 8.46. The summed E-state index contributed by atoms with van der Waals surface area (Å²) in [5.41, 5.74) is 2.68. The molecule has 2 aliphatic heterocycles. The van der Waals surface area contributed by atoms with Gasteiger partial charge in [0.2, 0.25) is 0 Å². The maximum Gasteiger partial charge on any atom is 0.126 e. The van der Waals surface area contributed by atoms with Crippen molar-refractivity contribution in [1.82, 2.24) is 0 Å². The van der Waals surface area contributed by atoms with Gasteiger partial charge in [-0.15, -0.1) is 0 Å². The van der Waals surface area contributed by atoms with Crippen molar-refractivity contribution in [3.05, 3.63) is 35.4 Å². The number of fused-ring (bicyclic) bond motifs is 6. The molecular formula is C11H10O2. The zero-order chi connectivity index (χ0) is 8.63. The monoisotopic (exact) mass is 174 g/mol. The number of ether oxygens (including phenoxy) is 2. The quantitative estimate of drug-likeness (QED) is 0.562. The van der Waals surface area contributed by atoms with Gasteiger partial charge in [0.1, 0.15) is 23.9 Å². The average Bonchev–Trinajstić information content (AvgIpc) is 2.95. The Morgan fingerprint density at radius 3 is 2.85 bits per heavy atom. The predicted octanol–water partition coefficient (Wildman–Crippen LogP) is 1.97. The van der Waals surface area contributed by atoms with Gasteiger partial charge in [-0.1, -0.05) is 24.3 Å². The lowest BCUT2D eigenvalue weighted by Gasteiger charge is -2.11. The second-order valence-corrected chi connectivity index (χ2v) is 4.29. The van der Waals surface area contributed by atoms with E-state index in [1.807, 2.05) is 0 Å². The van der Waals surface area contributed by atoms with Crippen molar-refractivity contribution >= 4 is 0 Å². The van der Waals surface area contributed by atoms with Gasteiger partial charge >= 0.3 is 0 Å². The first-order valence-electron chi connectivity index (χ1n) is 4.73. The van der Waals surface area contributed by atoms with Crippen LogP contribution in [0.1, 0.15) is 30.3 Å². The Morgan fingerprint density at radius 2 is 2.00 bits per heavy atom. The SMILES string of the molecule is CC12OC1c1ccccc1C1OC12. The molecule has 1 aliphatic carbocycles. The number of hydrogen-bond donors (Lipinski definition) is 0. The van der Waals surface area contributed by atoms with E-state index < -0.39 is 0 Å². The smallest absolute Gasteiger partial charge is 0.126 e. The maximum absolute atomic E-state index is 5.72. The average molecular weight is 174 g/mol. The molecule has 0 amide bonds. The van der Waals surface area contributed by atoms with Crippen LogP contribution in [-0.2, 0) is 9.47 Å². The molecule has 0 spiro atoms. The molecule has 2 heterocycles. The number of benzene rings is 1. The van der Waals surface area contributed by atoms with Gasteiger partial charge in [0.25, 0.3) is 0 Å². The number of hydrogen-bond acceptors (Lipinski definition) is 2. The summed E-state index contributed by atoms with van der Waals surface area (Å²) in [6.45, 7) is 2.15. The van der Waals surface area contributed by atoms with Crippen LogP contribution in [0, 0.1) is 0 Å². The first kappa shape index (κ1) is 6.57. The first-order valence-corrected chi connectivity index (χ1v) is 4.73. The molecule has 13 heavy (non-hydrogen) atoms. The highest BCUT2D eigenvalue weighted by Gasteiger charge is 2.71. The van der Waals surface area contributed by atoms with Gasteiger partial charge in [-0.05, 0) is 18.1 Å². The van der Waals surface area contributed by atoms with Crippen LogP contribution >= 0.6 is 0 Å². The zero-order valence-corrected chi connectivity index (χ0v) is 7.36. The van der Waals surface area contributed by atoms with E-state index in [1.165, 1.54) is 11.1 Å². The minimum Gasteiger partial charge on any atom is -0.361 e. The fourth-order valence-electron chi connectivity index (χ4n) is 2.60. The van der Waals surface area contributed by atoms with E-state index in [9.17, 15) is 0 Å². The van der Waals surface area contributed by atoms with Crippen LogP contribution in [0.2, 0.25) is 0 Å². The molecule has 0 radical (unpaired) electrons. The van der Waals surface area contributed by atoms with Crippen molar-refractivity contribution < 1.29 is 9.47 Å². The highest BCUT2D eigenvalue weighted by molar-refractivity contribution is 5.44. The van der Waals surface area contributed by atoms with Gasteiger partial charge in [-0.25, -0.2) is 0 Å². The highest BCUT2D eigenvalue weighted by atomic mass is 16.7. The molecule has 0 bridgehead atoms. The Labute approximate surface area is 76.5 Å². The van der Waals surface area contributed by atoms with E-state index in [0.29, 0.717) is 18.3 Å². The van der Waals surface area contributed by atoms with Crippen molar-refractivity contribution in [2.24, 2.45) is 0 Å². The Bertz CT molecular complexity index is 401. The summed E-state index contributed by atoms with van der Waals surface area (Å²) >= 11 is 0. The van der Waals surface area contributed by atoms with Crippen molar-refractivity contribution in [1.29, 1.82) is 0 Å². The van der Waals surface area contributed by atoms with Gasteiger partial charge in [0.05, 0.1) is 0 Å². The predicted molar refractivity (Wildman–Crippen MR) is 46.3 cm³/mol. The molecule has 1 aromatic carbocycles. The molecule has 2 nitrogen and oxygen atoms in total. The molecule has 2 fully saturated rings. The molecule has 4 unspecified atom stereocenters. The molecule has 0 aromatic heterocycles. The van der Waals surface area contributed by atoms with Gasteiger partial charge < -0.3 is 9.47 Å². The largest absolute Gasteiger partial charge is 0.361 e. The van der Waals surface area contributed by atoms with Crippen molar-refractivity contribution in [3.63, 3.8) is 0 Å². The summed E-state index contributed by atoms with van der Waals surface area (Å²) in [5, 5.41) is 0. The third-order valence-corrected chi connectivity index (χ3v) is 3.48. The molecule has 4 rings (SSSR count). The number of epoxide rings is 2. The van der Waals surface area contributed by atoms with Gasteiger partial charge in [0, 0.05) is 0 Å². The molecule has 0 saturated carbocycles. The molecule has 2 saturated heterocycles. The standard InChI is InChI=1S/C11H10O2/c1-11-9(13-11)7-5-3-2-4-6(7)8-10(11)12-8/h2-5,8-10H,1H3. The number of rotatable bonds is 0. The molecule has 3 aliphatic rings. The second kappa shape index (κ2) is 1.68. The van der Waals surface area contributed by atoms with Crippen molar-refractivity contribution in [3.8, 4) is 0 Å². The lowest BCUT2D eigenvalue weighted by molar-refractivity contribution is 0.245. The molecule has 4 atom stereocenters. The van der Waals surface area contributed by atoms with E-state index >= 15 is 0 Å². The van der Waals surface area contributed by atoms with Crippen molar-refractivity contribution in [2.75, 3.05) is 0 Å². The second-order valence-electron chi connectivity index (χ2n) is 4.29. The van der Waals surface area contributed by atoms with Crippen LogP contribution in [0.15, 0.2) is 24.3 Å². The van der Waals surface area contributed by atoms with E-state index in [-0.39, 0.29) is 5.60 Å². The maximum atomic E-state index is 5.72. The Balaban J connectivity index is 1.97. The fourth-order valence-corrected chi connectivity index (χ4v) is 2.60. The van der Waals surface area contributed by atoms with E-state index in [4.69, 9.17) is 9.47 Å². The molecule has 2 heteroatoms. The third-order valence-electron chi connectivity index (χ3n) is 3.48. The summed E-state index contributed by atoms with van der Waals surface area (Å²) in [7, 11) is 0. The van der Waals surface area contributed by atoms with Crippen LogP contribution in [0.25, 0.3) is 0 Å². The van der Waals surface area contributed by atoms with Crippen molar-refractivity contribution in [2.45, 2.75) is 30.8 Å². The molecule has 1 aromatic rings. The van der Waals surface area contributed by atoms with Gasteiger partial charge in [0.15, 0.2) is 0 Å². The van der Waals surface area contributed by atoms with E-state index in [0.717, 1.165) is 0 Å². The summed E-state index contributed by atoms with van der Waals surface area (Å²) < 4.78 is 11.4. The van der Waals surface area contributed by atoms with Crippen LogP contribution in [0.3, 0.4) is 0 Å². The highest BCUT2D eigenvalue weighted by Crippen LogP contribution is 2.67. The van der Waals surface area contributed by atoms with E-state index in [1.54, 1.807) is 0 Å². The molecule has 66 valence electrons. The van der Waals surface area contributed by atoms with Crippen LogP contribution in [0.5, 0.6) is 0 Å². The third kappa shape index (κ3) is 0.607. The minimum atomic E-state index is -0.000972. The molecular weight excluding hydrogens is 164 g/mol. The summed E-state index contributed by atoms with van der Waals surface area (Å²) in [4.78, 5) is 0. The fraction of sp³-hybridized carbons (Fsp3) is 0.455. The minimum absolute atomic E-state index is 0.000972. The van der Waals surface area contributed by atoms with Crippen LogP contribution < -0.4 is 0 Å². The topological polar surface area (TPSA) is 25.1 Å². The lowest BCUT2D eigenvalue weighted by atomic mass is 9.85. The molecule has 0 N–H and O–H groups in total. The summed E-state index contributed by atoms with van der Waals surface area (Å²) in [6.07, 6.45) is 0.944. The summed E-state index contributed by atoms with van der Waals surface area (Å²) in [5.74, 6) is 0. The van der Waals surface area contributed by atoms with Crippen LogP contribution in [-0.4, -0.2) is 11.7 Å². The normalized spacial score (nSPS) is 48.8. The zero-order valence-electron chi connectivity index (χ0n) is 7.36. The Morgan fingerprint density at radius 1 is 1.23 bits per heavy atom. The van der Waals surface area contributed by atoms with E-state index in [2.05, 4.69) is 31.2 Å². The lowest BCUT2D eigenvalue weighted by Crippen LogP contribution is -2.19. The van der Waals surface area contributed by atoms with Crippen LogP contribution in [0.4, 0.5) is 0 Å². The Kier molecular flexibility index (Phi) is 0.848. The first-order chi connectivity index (χ1) is 6.31.